The van der Waals surface area contributed by atoms with Crippen LogP contribution in [0.3, 0.4) is 0 Å². The lowest BCUT2D eigenvalue weighted by Crippen LogP contribution is -2.53. The summed E-state index contributed by atoms with van der Waals surface area (Å²) in [7, 11) is -8.97. The van der Waals surface area contributed by atoms with Crippen molar-refractivity contribution in [2.45, 2.75) is 37.3 Å². The van der Waals surface area contributed by atoms with E-state index in [2.05, 4.69) is 0 Å². The SMILES string of the molecule is O=[N+]([O-])c1ccc(S(=O)(=O)c2ccc(C(F)(c3ccc(S(=O)(=O)c4ccc([N+](=O)[O-])cc4)cc3)C(F)(F)C(F)(F)F)cc2)cc1. The van der Waals surface area contributed by atoms with Gasteiger partial charge < -0.3 is 0 Å². The molecule has 0 fully saturated rings. The molecule has 0 aliphatic rings. The van der Waals surface area contributed by atoms with Gasteiger partial charge in [-0.2, -0.15) is 22.0 Å². The first-order chi connectivity index (χ1) is 20.7. The fraction of sp³-hybridized carbons (Fsp3) is 0.111. The fourth-order valence-corrected chi connectivity index (χ4v) is 6.74. The Kier molecular flexibility index (Phi) is 8.27. The minimum atomic E-state index is -6.48. The lowest BCUT2D eigenvalue weighted by Gasteiger charge is -2.35. The van der Waals surface area contributed by atoms with Crippen LogP contribution in [0.4, 0.5) is 37.7 Å². The molecule has 10 nitrogen and oxygen atoms in total. The highest BCUT2D eigenvalue weighted by Crippen LogP contribution is 2.54. The Morgan fingerprint density at radius 1 is 0.467 bits per heavy atom. The highest BCUT2D eigenvalue weighted by molar-refractivity contribution is 7.91. The van der Waals surface area contributed by atoms with Crippen LogP contribution in [-0.4, -0.2) is 38.8 Å². The molecule has 0 N–H and O–H groups in total. The molecule has 0 atom stereocenters. The Morgan fingerprint density at radius 3 is 0.933 bits per heavy atom. The van der Waals surface area contributed by atoms with E-state index in [1.807, 2.05) is 0 Å². The van der Waals surface area contributed by atoms with Crippen molar-refractivity contribution in [3.63, 3.8) is 0 Å². The van der Waals surface area contributed by atoms with Crippen molar-refractivity contribution in [3.05, 3.63) is 128 Å². The van der Waals surface area contributed by atoms with Crippen molar-refractivity contribution in [3.8, 4) is 0 Å². The molecule has 0 bridgehead atoms. The van der Waals surface area contributed by atoms with Gasteiger partial charge in [0, 0.05) is 35.4 Å². The number of nitro benzene ring substituents is 2. The molecule has 0 saturated carbocycles. The lowest BCUT2D eigenvalue weighted by molar-refractivity contribution is -0.385. The van der Waals surface area contributed by atoms with Crippen LogP contribution < -0.4 is 0 Å². The zero-order valence-corrected chi connectivity index (χ0v) is 23.6. The van der Waals surface area contributed by atoms with E-state index in [0.717, 1.165) is 48.5 Å². The predicted molar refractivity (Wildman–Crippen MR) is 143 cm³/mol. The number of benzene rings is 4. The first-order valence-corrected chi connectivity index (χ1v) is 15.0. The zero-order valence-electron chi connectivity index (χ0n) is 22.0. The molecule has 0 saturated heterocycles. The third-order valence-electron chi connectivity index (χ3n) is 6.63. The molecular weight excluding hydrogens is 658 g/mol. The molecular formula is C27H16F6N2O8S2. The molecule has 236 valence electrons. The number of alkyl halides is 6. The number of rotatable bonds is 9. The van der Waals surface area contributed by atoms with Crippen molar-refractivity contribution in [2.24, 2.45) is 0 Å². The van der Waals surface area contributed by atoms with E-state index in [1.54, 1.807) is 0 Å². The summed E-state index contributed by atoms with van der Waals surface area (Å²) in [6.45, 7) is 0. The minimum Gasteiger partial charge on any atom is -0.258 e. The first kappa shape index (κ1) is 33.1. The summed E-state index contributed by atoms with van der Waals surface area (Å²) in [6, 6.07) is 10.8. The van der Waals surface area contributed by atoms with Gasteiger partial charge in [0.15, 0.2) is 0 Å². The smallest absolute Gasteiger partial charge is 0.258 e. The average Bonchev–Trinajstić information content (AvgIpc) is 3.00. The van der Waals surface area contributed by atoms with E-state index in [1.165, 1.54) is 0 Å². The molecule has 0 aliphatic heterocycles. The molecule has 45 heavy (non-hydrogen) atoms. The van der Waals surface area contributed by atoms with Crippen LogP contribution in [0.1, 0.15) is 11.1 Å². The standard InChI is InChI=1S/C27H16F6N2O8S2/c28-25(26(29,30)27(31,32)33,17-1-9-21(10-2-17)44(40,41)23-13-5-19(6-14-23)34(36)37)18-3-11-22(12-4-18)45(42,43)24-15-7-20(8-16-24)35(38)39/h1-16H. The summed E-state index contributed by atoms with van der Waals surface area (Å²) in [6.07, 6.45) is -6.48. The van der Waals surface area contributed by atoms with Gasteiger partial charge in [0.25, 0.3) is 11.4 Å². The molecule has 0 aromatic heterocycles. The largest absolute Gasteiger partial charge is 0.457 e. The van der Waals surface area contributed by atoms with Gasteiger partial charge in [-0.15, -0.1) is 0 Å². The molecule has 0 aliphatic carbocycles. The van der Waals surface area contributed by atoms with Gasteiger partial charge in [-0.3, -0.25) is 20.2 Å². The van der Waals surface area contributed by atoms with E-state index >= 15 is 4.39 Å². The van der Waals surface area contributed by atoms with Crippen molar-refractivity contribution in [1.29, 1.82) is 0 Å². The topological polar surface area (TPSA) is 155 Å². The normalized spacial score (nSPS) is 12.9. The Balaban J connectivity index is 1.78. The third-order valence-corrected chi connectivity index (χ3v) is 10.2. The van der Waals surface area contributed by atoms with Gasteiger partial charge in [-0.05, 0) is 48.5 Å². The van der Waals surface area contributed by atoms with E-state index < -0.39 is 89.4 Å². The number of hydrogen-bond acceptors (Lipinski definition) is 8. The molecule has 4 aromatic rings. The Morgan fingerprint density at radius 2 is 0.711 bits per heavy atom. The van der Waals surface area contributed by atoms with Gasteiger partial charge in [0.1, 0.15) is 0 Å². The molecule has 4 rings (SSSR count). The minimum absolute atomic E-state index is 0.388. The van der Waals surface area contributed by atoms with Crippen LogP contribution in [0.2, 0.25) is 0 Å². The summed E-state index contributed by atoms with van der Waals surface area (Å²) >= 11 is 0. The van der Waals surface area contributed by atoms with Crippen molar-refractivity contribution < 1.29 is 53.0 Å². The van der Waals surface area contributed by atoms with Crippen LogP contribution in [0.25, 0.3) is 0 Å². The number of hydrogen-bond donors (Lipinski definition) is 0. The maximum atomic E-state index is 16.4. The second kappa shape index (κ2) is 11.3. The van der Waals surface area contributed by atoms with E-state index in [-0.39, 0.29) is 0 Å². The highest BCUT2D eigenvalue weighted by Gasteiger charge is 2.72. The number of nitro groups is 2. The van der Waals surface area contributed by atoms with Crippen LogP contribution in [0, 0.1) is 20.2 Å². The Hall–Kier alpha value is -4.84. The van der Waals surface area contributed by atoms with E-state index in [0.29, 0.717) is 48.5 Å². The van der Waals surface area contributed by atoms with Gasteiger partial charge in [-0.25, -0.2) is 21.2 Å². The van der Waals surface area contributed by atoms with Crippen LogP contribution in [0.15, 0.2) is 117 Å². The van der Waals surface area contributed by atoms with Crippen molar-refractivity contribution in [2.75, 3.05) is 0 Å². The highest BCUT2D eigenvalue weighted by atomic mass is 32.2. The summed E-state index contributed by atoms with van der Waals surface area (Å²) in [5.41, 5.74) is -8.27. The number of sulfone groups is 2. The first-order valence-electron chi connectivity index (χ1n) is 12.1. The Labute approximate surface area is 249 Å². The fourth-order valence-electron chi connectivity index (χ4n) is 4.22. The van der Waals surface area contributed by atoms with E-state index in [4.69, 9.17) is 0 Å². The summed E-state index contributed by atoms with van der Waals surface area (Å²) in [5.74, 6) is -6.13. The molecule has 0 heterocycles. The van der Waals surface area contributed by atoms with Gasteiger partial charge in [-0.1, -0.05) is 24.3 Å². The van der Waals surface area contributed by atoms with Crippen molar-refractivity contribution >= 4 is 31.0 Å². The van der Waals surface area contributed by atoms with Gasteiger partial charge in [0.05, 0.1) is 29.4 Å². The van der Waals surface area contributed by atoms with Crippen LogP contribution in [0.5, 0.6) is 0 Å². The monoisotopic (exact) mass is 674 g/mol. The second-order valence-electron chi connectivity index (χ2n) is 9.29. The Bertz CT molecular complexity index is 1850. The van der Waals surface area contributed by atoms with Crippen LogP contribution >= 0.6 is 0 Å². The average molecular weight is 675 g/mol. The molecule has 0 radical (unpaired) electrons. The predicted octanol–water partition coefficient (Wildman–Crippen LogP) is 6.58. The number of nitrogens with zero attached hydrogens (tertiary/aromatic N) is 2. The molecule has 0 unspecified atom stereocenters. The van der Waals surface area contributed by atoms with Gasteiger partial charge >= 0.3 is 12.1 Å². The summed E-state index contributed by atoms with van der Waals surface area (Å²) < 4.78 is 139. The van der Waals surface area contributed by atoms with E-state index in [9.17, 15) is 59.0 Å². The summed E-state index contributed by atoms with van der Waals surface area (Å²) in [5, 5.41) is 21.7. The van der Waals surface area contributed by atoms with Gasteiger partial charge in [0.2, 0.25) is 25.3 Å². The number of halogens is 6. The quantitative estimate of drug-likeness (QED) is 0.110. The molecule has 0 spiro atoms. The number of non-ortho nitro benzene ring substituents is 2. The second-order valence-corrected chi connectivity index (χ2v) is 13.2. The summed E-state index contributed by atoms with van der Waals surface area (Å²) in [4.78, 5) is 17.7. The van der Waals surface area contributed by atoms with Crippen LogP contribution in [-0.2, 0) is 25.3 Å². The molecule has 4 aromatic carbocycles. The maximum absolute atomic E-state index is 16.4. The lowest BCUT2D eigenvalue weighted by atomic mass is 9.82. The molecule has 18 heteroatoms. The maximum Gasteiger partial charge on any atom is 0.457 e. The third kappa shape index (κ3) is 5.73. The molecule has 0 amide bonds. The van der Waals surface area contributed by atoms with Crippen molar-refractivity contribution in [1.82, 2.24) is 0 Å². The zero-order chi connectivity index (χ0) is 33.6.